The molecule has 7 aromatic rings. The van der Waals surface area contributed by atoms with E-state index in [1.54, 1.807) is 64.1 Å². The summed E-state index contributed by atoms with van der Waals surface area (Å²) in [4.78, 5) is 87.1. The third-order valence-corrected chi connectivity index (χ3v) is 9.87. The smallest absolute Gasteiger partial charge is 0.403 e. The largest absolute Gasteiger partial charge is 0.604 e. The number of rotatable bonds is 12. The SMILES string of the molecule is COCCOCC(C)(C)OC(=O)[n+]1c2ccc3c(=O)c4ccccc4c(=O)c3c2[n+](C(=O)OC(C)(C)COCCOC)c2ccc3c(=O)c4ccccc4c(=O)c3c21. The molecule has 0 aliphatic carbocycles. The van der Waals surface area contributed by atoms with Crippen LogP contribution in [0.2, 0.25) is 0 Å². The lowest BCUT2D eigenvalue weighted by Gasteiger charge is -2.23. The summed E-state index contributed by atoms with van der Waals surface area (Å²) >= 11 is 0. The molecule has 7 rings (SSSR count). The monoisotopic (exact) mass is 790 g/mol. The van der Waals surface area contributed by atoms with E-state index in [1.807, 2.05) is 0 Å². The van der Waals surface area contributed by atoms with Crippen molar-refractivity contribution < 1.29 is 47.1 Å². The number of fused-ring (bicyclic) bond motifs is 8. The second-order valence-electron chi connectivity index (χ2n) is 15.1. The molecule has 0 unspecified atom stereocenters. The Kier molecular flexibility index (Phi) is 10.9. The molecule has 0 aliphatic heterocycles. The number of carbonyl (C=O) groups excluding carboxylic acids is 2. The summed E-state index contributed by atoms with van der Waals surface area (Å²) in [5.74, 6) is 0. The van der Waals surface area contributed by atoms with E-state index < -0.39 is 45.1 Å². The van der Waals surface area contributed by atoms with E-state index in [0.717, 1.165) is 9.13 Å². The van der Waals surface area contributed by atoms with Crippen LogP contribution in [-0.2, 0) is 28.4 Å². The van der Waals surface area contributed by atoms with Crippen LogP contribution in [0.5, 0.6) is 0 Å². The van der Waals surface area contributed by atoms with Crippen LogP contribution < -0.4 is 30.8 Å². The van der Waals surface area contributed by atoms with Gasteiger partial charge in [0.15, 0.2) is 10.9 Å². The fourth-order valence-electron chi connectivity index (χ4n) is 7.29. The standard InChI is InChI=1S/C44H42N2O12/c1-43(2,23-55-21-19-53-5)57-41(51)45-31-17-15-30-34(40(50)28-14-10-8-12-26(28)38(30)48)36(31)46(42(52)58-44(3,4)24-56-22-20-54-6)32-18-16-29-33(35(32)45)39(49)27-13-9-7-11-25(27)37(29)47/h7-18H,19-24H2,1-6H3/q+2. The summed E-state index contributed by atoms with van der Waals surface area (Å²) in [6.07, 6.45) is -2.05. The Balaban J connectivity index is 1.65. The molecule has 0 spiro atoms. The molecule has 0 bridgehead atoms. The number of benzene rings is 6. The topological polar surface area (TPSA) is 166 Å². The average Bonchev–Trinajstić information content (AvgIpc) is 3.20. The minimum Gasteiger partial charge on any atom is -0.403 e. The molecule has 1 aromatic heterocycles. The van der Waals surface area contributed by atoms with E-state index in [-0.39, 0.29) is 91.6 Å². The van der Waals surface area contributed by atoms with Crippen LogP contribution in [0.4, 0.5) is 9.59 Å². The number of ether oxygens (including phenoxy) is 6. The Morgan fingerprint density at radius 2 is 0.828 bits per heavy atom. The maximum Gasteiger partial charge on any atom is 0.604 e. The highest BCUT2D eigenvalue weighted by Crippen LogP contribution is 2.27. The normalized spacial score (nSPS) is 12.4. The predicted molar refractivity (Wildman–Crippen MR) is 217 cm³/mol. The van der Waals surface area contributed by atoms with Crippen molar-refractivity contribution in [3.63, 3.8) is 0 Å². The van der Waals surface area contributed by atoms with E-state index in [2.05, 4.69) is 0 Å². The molecular weight excluding hydrogens is 748 g/mol. The first-order valence-corrected chi connectivity index (χ1v) is 18.6. The lowest BCUT2D eigenvalue weighted by molar-refractivity contribution is -0.574. The van der Waals surface area contributed by atoms with Crippen molar-refractivity contribution >= 4 is 77.3 Å². The molecule has 0 N–H and O–H groups in total. The Morgan fingerprint density at radius 3 is 1.17 bits per heavy atom. The van der Waals surface area contributed by atoms with Crippen LogP contribution in [0, 0.1) is 0 Å². The fraction of sp³-hybridized carbons (Fsp3) is 0.318. The van der Waals surface area contributed by atoms with Crippen LogP contribution in [0.1, 0.15) is 27.7 Å². The molecule has 14 nitrogen and oxygen atoms in total. The molecule has 0 saturated carbocycles. The maximum atomic E-state index is 14.9. The molecule has 0 aliphatic rings. The lowest BCUT2D eigenvalue weighted by atomic mass is 9.98. The summed E-state index contributed by atoms with van der Waals surface area (Å²) in [5, 5.41) is 0.113. The molecule has 1 heterocycles. The van der Waals surface area contributed by atoms with Gasteiger partial charge in [0.1, 0.15) is 22.0 Å². The zero-order chi connectivity index (χ0) is 41.5. The molecule has 0 fully saturated rings. The summed E-state index contributed by atoms with van der Waals surface area (Å²) in [6, 6.07) is 18.2. The predicted octanol–water partition coefficient (Wildman–Crippen LogP) is 4.35. The van der Waals surface area contributed by atoms with E-state index in [0.29, 0.717) is 13.2 Å². The zero-order valence-corrected chi connectivity index (χ0v) is 33.0. The Labute approximate surface area is 330 Å². The van der Waals surface area contributed by atoms with Crippen molar-refractivity contribution in [3.8, 4) is 0 Å². The second-order valence-corrected chi connectivity index (χ2v) is 15.1. The molecule has 6 aromatic carbocycles. The first-order chi connectivity index (χ1) is 27.7. The summed E-state index contributed by atoms with van der Waals surface area (Å²) in [6.45, 7) is 7.41. The molecule has 58 heavy (non-hydrogen) atoms. The number of hydrogen-bond donors (Lipinski definition) is 0. The van der Waals surface area contributed by atoms with Crippen LogP contribution >= 0.6 is 0 Å². The van der Waals surface area contributed by atoms with Gasteiger partial charge < -0.3 is 28.4 Å². The molecule has 0 radical (unpaired) electrons. The average molecular weight is 791 g/mol. The van der Waals surface area contributed by atoms with Gasteiger partial charge in [0.05, 0.1) is 39.6 Å². The van der Waals surface area contributed by atoms with Gasteiger partial charge >= 0.3 is 23.2 Å². The molecular formula is C44H42N2O12+2. The number of nitrogens with zero attached hydrogens (tertiary/aromatic N) is 2. The Hall–Kier alpha value is -6.06. The third kappa shape index (κ3) is 7.08. The molecule has 0 amide bonds. The molecule has 0 saturated heterocycles. The van der Waals surface area contributed by atoms with Gasteiger partial charge in [-0.05, 0) is 39.8 Å². The van der Waals surface area contributed by atoms with Gasteiger partial charge in [-0.1, -0.05) is 57.7 Å². The number of methoxy groups -OCH3 is 2. The summed E-state index contributed by atoms with van der Waals surface area (Å²) in [7, 11) is 3.05. The first kappa shape index (κ1) is 40.1. The highest BCUT2D eigenvalue weighted by Gasteiger charge is 2.44. The summed E-state index contributed by atoms with van der Waals surface area (Å²) < 4.78 is 35.9. The minimum absolute atomic E-state index is 0.0239. The van der Waals surface area contributed by atoms with Gasteiger partial charge in [0, 0.05) is 58.7 Å². The molecule has 14 heteroatoms. The third-order valence-electron chi connectivity index (χ3n) is 9.87. The first-order valence-electron chi connectivity index (χ1n) is 18.6. The van der Waals surface area contributed by atoms with Crippen molar-refractivity contribution in [2.45, 2.75) is 38.9 Å². The fourth-order valence-corrected chi connectivity index (χ4v) is 7.29. The van der Waals surface area contributed by atoms with Gasteiger partial charge in [-0.2, -0.15) is 9.59 Å². The number of hydrogen-bond acceptors (Lipinski definition) is 12. The molecule has 298 valence electrons. The maximum absolute atomic E-state index is 14.9. The number of aromatic nitrogens is 2. The van der Waals surface area contributed by atoms with Gasteiger partial charge in [-0.15, -0.1) is 0 Å². The highest BCUT2D eigenvalue weighted by atomic mass is 16.6. The molecule has 0 atom stereocenters. The van der Waals surface area contributed by atoms with Crippen LogP contribution in [-0.4, -0.2) is 77.2 Å². The van der Waals surface area contributed by atoms with E-state index in [9.17, 15) is 28.8 Å². The van der Waals surface area contributed by atoms with Gasteiger partial charge in [0.2, 0.25) is 10.9 Å². The van der Waals surface area contributed by atoms with E-state index in [4.69, 9.17) is 28.4 Å². The minimum atomic E-state index is -1.27. The van der Waals surface area contributed by atoms with Crippen molar-refractivity contribution in [3.05, 3.63) is 114 Å². The lowest BCUT2D eigenvalue weighted by Crippen LogP contribution is -2.56. The van der Waals surface area contributed by atoms with E-state index in [1.165, 1.54) is 50.6 Å². The second kappa shape index (κ2) is 15.7. The zero-order valence-electron chi connectivity index (χ0n) is 33.0. The Bertz CT molecular complexity index is 2820. The summed E-state index contributed by atoms with van der Waals surface area (Å²) in [5.41, 5.74) is -5.20. The van der Waals surface area contributed by atoms with Crippen LogP contribution in [0.3, 0.4) is 0 Å². The van der Waals surface area contributed by atoms with Gasteiger partial charge in [-0.3, -0.25) is 19.2 Å². The van der Waals surface area contributed by atoms with Crippen molar-refractivity contribution in [2.75, 3.05) is 53.9 Å². The number of carbonyl (C=O) groups is 2. The Morgan fingerprint density at radius 1 is 0.483 bits per heavy atom. The van der Waals surface area contributed by atoms with E-state index >= 15 is 0 Å². The highest BCUT2D eigenvalue weighted by molar-refractivity contribution is 6.12. The van der Waals surface area contributed by atoms with Gasteiger partial charge in [0.25, 0.3) is 11.0 Å². The van der Waals surface area contributed by atoms with Crippen molar-refractivity contribution in [1.82, 2.24) is 0 Å². The quantitative estimate of drug-likeness (QED) is 0.0745. The van der Waals surface area contributed by atoms with Crippen LogP contribution in [0.15, 0.2) is 92.0 Å². The van der Waals surface area contributed by atoms with Crippen molar-refractivity contribution in [2.24, 2.45) is 0 Å². The van der Waals surface area contributed by atoms with Gasteiger partial charge in [-0.25, -0.2) is 0 Å². The van der Waals surface area contributed by atoms with Crippen molar-refractivity contribution in [1.29, 1.82) is 0 Å². The van der Waals surface area contributed by atoms with Crippen LogP contribution in [0.25, 0.3) is 65.2 Å².